The molecule has 279 valence electrons. The van der Waals surface area contributed by atoms with Crippen molar-refractivity contribution in [3.05, 3.63) is 108 Å². The van der Waals surface area contributed by atoms with Crippen LogP contribution in [0, 0.1) is 30.2 Å². The van der Waals surface area contributed by atoms with Gasteiger partial charge in [-0.05, 0) is 83.9 Å². The Morgan fingerprint density at radius 3 is 2.04 bits per heavy atom. The average molecular weight is 876 g/mol. The summed E-state index contributed by atoms with van der Waals surface area (Å²) in [6.07, 6.45) is 7.65. The zero-order valence-electron chi connectivity index (χ0n) is 33.3. The van der Waals surface area contributed by atoms with E-state index in [0.29, 0.717) is 0 Å². The molecule has 4 aromatic carbocycles. The molecule has 0 saturated carbocycles. The minimum atomic E-state index is 0. The van der Waals surface area contributed by atoms with E-state index in [1.54, 1.807) is 6.33 Å². The van der Waals surface area contributed by atoms with Gasteiger partial charge in [0.1, 0.15) is 6.33 Å². The molecule has 0 atom stereocenters. The Hall–Kier alpha value is -3.66. The summed E-state index contributed by atoms with van der Waals surface area (Å²) in [5.41, 5.74) is 8.19. The summed E-state index contributed by atoms with van der Waals surface area (Å²) in [5.74, 6) is 0.547. The van der Waals surface area contributed by atoms with Crippen LogP contribution in [0.1, 0.15) is 112 Å². The first-order valence-corrected chi connectivity index (χ1v) is 18.8. The number of benzene rings is 4. The Kier molecular flexibility index (Phi) is 15.1. The monoisotopic (exact) mass is 876 g/mol. The molecule has 0 aliphatic heterocycles. The zero-order chi connectivity index (χ0) is 37.5. The smallest absolute Gasteiger partial charge is 0.162 e. The van der Waals surface area contributed by atoms with E-state index >= 15 is 0 Å². The number of rotatable bonds is 10. The number of hydrogen-bond acceptors (Lipinski definition) is 4. The molecule has 52 heavy (non-hydrogen) atoms. The number of ketones is 1. The summed E-state index contributed by atoms with van der Waals surface area (Å²) in [6, 6.07) is 27.9. The van der Waals surface area contributed by atoms with Gasteiger partial charge in [-0.25, -0.2) is 4.98 Å². The molecule has 1 aromatic heterocycles. The van der Waals surface area contributed by atoms with Crippen LogP contribution in [0.25, 0.3) is 44.1 Å². The SMILES string of the molecule is CCC(CC)C(=O)/C=C(\O)C(CC)CC.Cc1cc2cc(CC(C)(C)C)ccc2cc1-c1cc(-c2[c-]c3ccccc3c(C(C)(C)C)c2)ncn1.[Ir]. The molecular formula is C47H59IrN2O2-. The van der Waals surface area contributed by atoms with Crippen molar-refractivity contribution >= 4 is 27.3 Å². The second kappa shape index (κ2) is 18.4. The van der Waals surface area contributed by atoms with Gasteiger partial charge < -0.3 is 5.11 Å². The number of aromatic nitrogens is 2. The Morgan fingerprint density at radius 2 is 1.42 bits per heavy atom. The molecule has 5 rings (SSSR count). The minimum Gasteiger partial charge on any atom is -0.512 e. The van der Waals surface area contributed by atoms with E-state index in [-0.39, 0.29) is 54.3 Å². The number of nitrogens with zero attached hydrogens (tertiary/aromatic N) is 2. The molecule has 5 heteroatoms. The summed E-state index contributed by atoms with van der Waals surface area (Å²) < 4.78 is 0. The van der Waals surface area contributed by atoms with Gasteiger partial charge in [-0.1, -0.05) is 123 Å². The molecule has 0 aliphatic carbocycles. The fraction of sp³-hybridized carbons (Fsp3) is 0.426. The van der Waals surface area contributed by atoms with Gasteiger partial charge in [0, 0.05) is 49.3 Å². The van der Waals surface area contributed by atoms with Crippen LogP contribution in [0.4, 0.5) is 0 Å². The van der Waals surface area contributed by atoms with Gasteiger partial charge in [0.25, 0.3) is 0 Å². The molecule has 1 radical (unpaired) electrons. The second-order valence-electron chi connectivity index (χ2n) is 16.3. The van der Waals surface area contributed by atoms with Crippen molar-refractivity contribution in [1.29, 1.82) is 0 Å². The van der Waals surface area contributed by atoms with Crippen molar-refractivity contribution < 1.29 is 30.0 Å². The molecule has 0 spiro atoms. The van der Waals surface area contributed by atoms with Gasteiger partial charge in [0.2, 0.25) is 0 Å². The molecule has 0 aliphatic rings. The van der Waals surface area contributed by atoms with Gasteiger partial charge in [-0.3, -0.25) is 9.78 Å². The number of carbonyl (C=O) groups is 1. The molecule has 1 heterocycles. The maximum Gasteiger partial charge on any atom is 0.162 e. The predicted octanol–water partition coefficient (Wildman–Crippen LogP) is 13.0. The number of allylic oxidation sites excluding steroid dienone is 2. The van der Waals surface area contributed by atoms with Crippen LogP contribution in [0.5, 0.6) is 0 Å². The Morgan fingerprint density at radius 1 is 0.788 bits per heavy atom. The number of hydrogen-bond donors (Lipinski definition) is 1. The van der Waals surface area contributed by atoms with Crippen molar-refractivity contribution in [3.8, 4) is 22.5 Å². The number of aliphatic hydroxyl groups excluding tert-OH is 1. The normalized spacial score (nSPS) is 12.2. The van der Waals surface area contributed by atoms with Crippen molar-refractivity contribution in [2.75, 3.05) is 0 Å². The Labute approximate surface area is 326 Å². The third-order valence-electron chi connectivity index (χ3n) is 9.87. The third-order valence-corrected chi connectivity index (χ3v) is 9.87. The summed E-state index contributed by atoms with van der Waals surface area (Å²) in [4.78, 5) is 21.1. The van der Waals surface area contributed by atoms with Gasteiger partial charge in [0.15, 0.2) is 5.78 Å². The second-order valence-corrected chi connectivity index (χ2v) is 16.3. The third kappa shape index (κ3) is 10.9. The van der Waals surface area contributed by atoms with E-state index in [0.717, 1.165) is 60.0 Å². The van der Waals surface area contributed by atoms with Crippen LogP contribution in [0.15, 0.2) is 84.9 Å². The van der Waals surface area contributed by atoms with E-state index in [2.05, 4.69) is 131 Å². The van der Waals surface area contributed by atoms with Crippen molar-refractivity contribution in [1.82, 2.24) is 9.97 Å². The van der Waals surface area contributed by atoms with Crippen molar-refractivity contribution in [3.63, 3.8) is 0 Å². The van der Waals surface area contributed by atoms with Crippen LogP contribution in [-0.2, 0) is 36.7 Å². The van der Waals surface area contributed by atoms with Crippen LogP contribution in [0.2, 0.25) is 0 Å². The van der Waals surface area contributed by atoms with Gasteiger partial charge >= 0.3 is 0 Å². The van der Waals surface area contributed by atoms with Crippen LogP contribution in [0.3, 0.4) is 0 Å². The van der Waals surface area contributed by atoms with E-state index in [4.69, 9.17) is 0 Å². The number of fused-ring (bicyclic) bond motifs is 2. The average Bonchev–Trinajstić information content (AvgIpc) is 3.07. The maximum atomic E-state index is 11.7. The number of carbonyl (C=O) groups excluding carboxylic acids is 1. The van der Waals surface area contributed by atoms with E-state index in [1.807, 2.05) is 27.7 Å². The topological polar surface area (TPSA) is 63.1 Å². The quantitative estimate of drug-likeness (QED) is 0.0862. The van der Waals surface area contributed by atoms with Crippen LogP contribution in [-0.4, -0.2) is 20.9 Å². The molecule has 0 unspecified atom stereocenters. The maximum absolute atomic E-state index is 11.7. The largest absolute Gasteiger partial charge is 0.512 e. The summed E-state index contributed by atoms with van der Waals surface area (Å²) in [5, 5.41) is 14.6. The first-order chi connectivity index (χ1) is 24.1. The van der Waals surface area contributed by atoms with Crippen molar-refractivity contribution in [2.24, 2.45) is 17.3 Å². The predicted molar refractivity (Wildman–Crippen MR) is 217 cm³/mol. The first kappa shape index (κ1) is 42.7. The molecular weight excluding hydrogens is 817 g/mol. The fourth-order valence-electron chi connectivity index (χ4n) is 6.88. The summed E-state index contributed by atoms with van der Waals surface area (Å²) in [6.45, 7) is 23.9. The molecule has 0 fully saturated rings. The van der Waals surface area contributed by atoms with E-state index in [1.165, 1.54) is 38.9 Å². The van der Waals surface area contributed by atoms with Crippen LogP contribution < -0.4 is 0 Å². The molecule has 5 aromatic rings. The number of aryl methyl sites for hydroxylation is 1. The van der Waals surface area contributed by atoms with E-state index in [9.17, 15) is 9.90 Å². The van der Waals surface area contributed by atoms with Crippen molar-refractivity contribution in [2.45, 2.75) is 114 Å². The standard InChI is InChI=1S/C34H35N2.C13H24O2.Ir/c1-22-14-26-15-23(20-33(2,3)4)12-13-24(26)17-29(22)32-19-31(35-21-36-32)27-16-25-10-8-9-11-28(25)30(18-27)34(5,6)7;1-5-10(6-2)12(14)9-13(15)11(7-3)8-4;/h8-15,17-19,21H,20H2,1-7H3;9-11,14H,5-8H2,1-4H3;/q-1;;/b;12-9-;. The molecule has 0 bridgehead atoms. The van der Waals surface area contributed by atoms with Gasteiger partial charge in [-0.15, -0.1) is 29.1 Å². The van der Waals surface area contributed by atoms with Gasteiger partial charge in [0.05, 0.1) is 11.5 Å². The summed E-state index contributed by atoms with van der Waals surface area (Å²) >= 11 is 0. The Bertz CT molecular complexity index is 1990. The zero-order valence-corrected chi connectivity index (χ0v) is 35.7. The Balaban J connectivity index is 0.000000389. The van der Waals surface area contributed by atoms with Gasteiger partial charge in [-0.2, -0.15) is 0 Å². The fourth-order valence-corrected chi connectivity index (χ4v) is 6.88. The first-order valence-electron chi connectivity index (χ1n) is 18.8. The minimum absolute atomic E-state index is 0. The number of aliphatic hydroxyl groups is 1. The summed E-state index contributed by atoms with van der Waals surface area (Å²) in [7, 11) is 0. The van der Waals surface area contributed by atoms with E-state index < -0.39 is 0 Å². The van der Waals surface area contributed by atoms with Crippen LogP contribution >= 0.6 is 0 Å². The molecule has 4 nitrogen and oxygen atoms in total. The molecule has 0 saturated heterocycles. The molecule has 0 amide bonds. The molecule has 1 N–H and O–H groups in total.